The SMILES string of the molecule is Cc1c(Cl)cccc1C(O)Cc1ccn(C(C)C)n1. The van der Waals surface area contributed by atoms with E-state index in [4.69, 9.17) is 11.6 Å². The molecule has 3 nitrogen and oxygen atoms in total. The van der Waals surface area contributed by atoms with E-state index in [1.54, 1.807) is 0 Å². The standard InChI is InChI=1S/C15H19ClN2O/c1-10(2)18-8-7-12(17-18)9-15(19)13-5-4-6-14(16)11(13)3/h4-8,10,15,19H,9H2,1-3H3. The Bertz CT molecular complexity index is 563. The normalized spacial score (nSPS) is 12.9. The summed E-state index contributed by atoms with van der Waals surface area (Å²) in [5, 5.41) is 15.5. The summed E-state index contributed by atoms with van der Waals surface area (Å²) in [6.07, 6.45) is 1.87. The van der Waals surface area contributed by atoms with Gasteiger partial charge in [-0.3, -0.25) is 4.68 Å². The topological polar surface area (TPSA) is 38.0 Å². The van der Waals surface area contributed by atoms with Crippen LogP contribution in [0.25, 0.3) is 0 Å². The molecule has 4 heteroatoms. The second kappa shape index (κ2) is 5.76. The Hall–Kier alpha value is -1.32. The maximum Gasteiger partial charge on any atom is 0.0849 e. The third-order valence-corrected chi connectivity index (χ3v) is 3.67. The van der Waals surface area contributed by atoms with Crippen LogP contribution in [0.2, 0.25) is 5.02 Å². The molecule has 0 aliphatic rings. The van der Waals surface area contributed by atoms with E-state index in [0.29, 0.717) is 17.5 Å². The summed E-state index contributed by atoms with van der Waals surface area (Å²) in [6.45, 7) is 6.08. The molecule has 1 aromatic heterocycles. The van der Waals surface area contributed by atoms with E-state index in [1.165, 1.54) is 0 Å². The molecule has 0 aliphatic heterocycles. The molecule has 0 aliphatic carbocycles. The molecule has 0 amide bonds. The van der Waals surface area contributed by atoms with E-state index in [-0.39, 0.29) is 0 Å². The van der Waals surface area contributed by atoms with Gasteiger partial charge in [-0.2, -0.15) is 5.10 Å². The van der Waals surface area contributed by atoms with Gasteiger partial charge in [-0.1, -0.05) is 23.7 Å². The zero-order chi connectivity index (χ0) is 14.0. The first-order valence-electron chi connectivity index (χ1n) is 6.46. The van der Waals surface area contributed by atoms with Gasteiger partial charge >= 0.3 is 0 Å². The molecule has 0 saturated heterocycles. The van der Waals surface area contributed by atoms with Crippen molar-refractivity contribution in [1.82, 2.24) is 9.78 Å². The first-order chi connectivity index (χ1) is 8.99. The van der Waals surface area contributed by atoms with Gasteiger partial charge in [-0.15, -0.1) is 0 Å². The molecular formula is C15H19ClN2O. The number of nitrogens with zero attached hydrogens (tertiary/aromatic N) is 2. The van der Waals surface area contributed by atoms with E-state index >= 15 is 0 Å². The number of aliphatic hydroxyl groups excluding tert-OH is 1. The lowest BCUT2D eigenvalue weighted by molar-refractivity contribution is 0.176. The van der Waals surface area contributed by atoms with Crippen molar-refractivity contribution in [2.45, 2.75) is 39.3 Å². The molecule has 19 heavy (non-hydrogen) atoms. The molecule has 102 valence electrons. The van der Waals surface area contributed by atoms with Crippen molar-refractivity contribution in [2.24, 2.45) is 0 Å². The minimum Gasteiger partial charge on any atom is -0.388 e. The molecule has 2 rings (SSSR count). The van der Waals surface area contributed by atoms with Gasteiger partial charge in [0, 0.05) is 23.7 Å². The Morgan fingerprint density at radius 2 is 2.05 bits per heavy atom. The van der Waals surface area contributed by atoms with Crippen LogP contribution in [0, 0.1) is 6.92 Å². The maximum absolute atomic E-state index is 10.3. The minimum atomic E-state index is -0.575. The Morgan fingerprint density at radius 3 is 2.68 bits per heavy atom. The largest absolute Gasteiger partial charge is 0.388 e. The molecular weight excluding hydrogens is 260 g/mol. The molecule has 1 aromatic carbocycles. The summed E-state index contributed by atoms with van der Waals surface area (Å²) in [4.78, 5) is 0. The number of aromatic nitrogens is 2. The Labute approximate surface area is 118 Å². The van der Waals surface area contributed by atoms with Gasteiger partial charge in [-0.25, -0.2) is 0 Å². The first-order valence-corrected chi connectivity index (χ1v) is 6.84. The van der Waals surface area contributed by atoms with E-state index in [2.05, 4.69) is 18.9 Å². The van der Waals surface area contributed by atoms with Crippen molar-refractivity contribution >= 4 is 11.6 Å². The summed E-state index contributed by atoms with van der Waals surface area (Å²) >= 11 is 6.08. The third-order valence-electron chi connectivity index (χ3n) is 3.26. The highest BCUT2D eigenvalue weighted by Crippen LogP contribution is 2.26. The van der Waals surface area contributed by atoms with Gasteiger partial charge in [-0.05, 0) is 44.0 Å². The molecule has 0 fully saturated rings. The van der Waals surface area contributed by atoms with Gasteiger partial charge in [0.2, 0.25) is 0 Å². The van der Waals surface area contributed by atoms with Gasteiger partial charge in [0.1, 0.15) is 0 Å². The van der Waals surface area contributed by atoms with Crippen LogP contribution >= 0.6 is 11.6 Å². The van der Waals surface area contributed by atoms with E-state index in [9.17, 15) is 5.11 Å². The second-order valence-corrected chi connectivity index (χ2v) is 5.46. The van der Waals surface area contributed by atoms with Crippen molar-refractivity contribution in [3.63, 3.8) is 0 Å². The zero-order valence-corrected chi connectivity index (χ0v) is 12.2. The maximum atomic E-state index is 10.3. The second-order valence-electron chi connectivity index (χ2n) is 5.05. The molecule has 2 aromatic rings. The third kappa shape index (κ3) is 3.17. The van der Waals surface area contributed by atoms with E-state index in [0.717, 1.165) is 16.8 Å². The summed E-state index contributed by atoms with van der Waals surface area (Å²) in [6, 6.07) is 7.88. The van der Waals surface area contributed by atoms with E-state index in [1.807, 2.05) is 42.1 Å². The lowest BCUT2D eigenvalue weighted by Crippen LogP contribution is -2.06. The highest BCUT2D eigenvalue weighted by Gasteiger charge is 2.14. The van der Waals surface area contributed by atoms with Gasteiger partial charge in [0.25, 0.3) is 0 Å². The number of rotatable bonds is 4. The number of benzene rings is 1. The Kier molecular flexibility index (Phi) is 4.27. The highest BCUT2D eigenvalue weighted by atomic mass is 35.5. The average Bonchev–Trinajstić information content (AvgIpc) is 2.81. The van der Waals surface area contributed by atoms with Crippen LogP contribution in [0.15, 0.2) is 30.5 Å². The minimum absolute atomic E-state index is 0.332. The first kappa shape index (κ1) is 14.1. The molecule has 1 unspecified atom stereocenters. The van der Waals surface area contributed by atoms with Crippen LogP contribution in [-0.2, 0) is 6.42 Å². The van der Waals surface area contributed by atoms with Crippen molar-refractivity contribution in [3.05, 3.63) is 52.3 Å². The van der Waals surface area contributed by atoms with Crippen LogP contribution in [0.4, 0.5) is 0 Å². The number of hydrogen-bond acceptors (Lipinski definition) is 2. The summed E-state index contributed by atoms with van der Waals surface area (Å²) in [7, 11) is 0. The zero-order valence-electron chi connectivity index (χ0n) is 11.5. The fourth-order valence-electron chi connectivity index (χ4n) is 2.07. The molecule has 0 spiro atoms. The molecule has 0 radical (unpaired) electrons. The molecule has 1 heterocycles. The van der Waals surface area contributed by atoms with Crippen molar-refractivity contribution in [3.8, 4) is 0 Å². The highest BCUT2D eigenvalue weighted by molar-refractivity contribution is 6.31. The van der Waals surface area contributed by atoms with E-state index < -0.39 is 6.10 Å². The average molecular weight is 279 g/mol. The number of aliphatic hydroxyl groups is 1. The van der Waals surface area contributed by atoms with Crippen LogP contribution in [0.5, 0.6) is 0 Å². The molecule has 0 bridgehead atoms. The molecule has 1 N–H and O–H groups in total. The summed E-state index contributed by atoms with van der Waals surface area (Å²) in [5.41, 5.74) is 2.69. The fourth-order valence-corrected chi connectivity index (χ4v) is 2.25. The summed E-state index contributed by atoms with van der Waals surface area (Å²) in [5.74, 6) is 0. The van der Waals surface area contributed by atoms with Crippen LogP contribution in [0.1, 0.15) is 42.8 Å². The fraction of sp³-hybridized carbons (Fsp3) is 0.400. The number of halogens is 1. The van der Waals surface area contributed by atoms with Crippen molar-refractivity contribution < 1.29 is 5.11 Å². The number of hydrogen-bond donors (Lipinski definition) is 1. The van der Waals surface area contributed by atoms with Crippen LogP contribution in [-0.4, -0.2) is 14.9 Å². The Balaban J connectivity index is 2.16. The smallest absolute Gasteiger partial charge is 0.0849 e. The van der Waals surface area contributed by atoms with Crippen molar-refractivity contribution in [1.29, 1.82) is 0 Å². The van der Waals surface area contributed by atoms with Crippen molar-refractivity contribution in [2.75, 3.05) is 0 Å². The Morgan fingerprint density at radius 1 is 1.32 bits per heavy atom. The lowest BCUT2D eigenvalue weighted by Gasteiger charge is -2.13. The van der Waals surface area contributed by atoms with Gasteiger partial charge in [0.15, 0.2) is 0 Å². The van der Waals surface area contributed by atoms with Crippen LogP contribution in [0.3, 0.4) is 0 Å². The lowest BCUT2D eigenvalue weighted by atomic mass is 10.00. The summed E-state index contributed by atoms with van der Waals surface area (Å²) < 4.78 is 1.90. The van der Waals surface area contributed by atoms with Crippen LogP contribution < -0.4 is 0 Å². The quantitative estimate of drug-likeness (QED) is 0.926. The monoisotopic (exact) mass is 278 g/mol. The predicted molar refractivity (Wildman–Crippen MR) is 77.5 cm³/mol. The molecule has 1 atom stereocenters. The predicted octanol–water partition coefficient (Wildman–Crippen LogP) is 3.70. The van der Waals surface area contributed by atoms with Gasteiger partial charge in [0.05, 0.1) is 11.8 Å². The molecule has 0 saturated carbocycles. The van der Waals surface area contributed by atoms with Gasteiger partial charge < -0.3 is 5.11 Å².